The van der Waals surface area contributed by atoms with E-state index in [0.717, 1.165) is 29.4 Å². The van der Waals surface area contributed by atoms with E-state index in [2.05, 4.69) is 21.2 Å². The zero-order valence-corrected chi connectivity index (χ0v) is 14.5. The van der Waals surface area contributed by atoms with Crippen molar-refractivity contribution in [3.05, 3.63) is 34.1 Å². The second kappa shape index (κ2) is 7.20. The number of hydrogen-bond donors (Lipinski definition) is 1. The van der Waals surface area contributed by atoms with Crippen LogP contribution < -0.4 is 5.32 Å². The largest absolute Gasteiger partial charge is 0.314 e. The second-order valence-corrected chi connectivity index (χ2v) is 8.89. The van der Waals surface area contributed by atoms with Gasteiger partial charge in [0.15, 0.2) is 9.84 Å². The minimum Gasteiger partial charge on any atom is -0.314 e. The molecule has 3 nitrogen and oxygen atoms in total. The Balaban J connectivity index is 2.01. The van der Waals surface area contributed by atoms with Gasteiger partial charge in [-0.05, 0) is 55.5 Å². The Kier molecular flexibility index (Phi) is 5.80. The first-order valence-corrected chi connectivity index (χ1v) is 9.88. The maximum Gasteiger partial charge on any atom is 0.150 e. The number of nitrogens with one attached hydrogen (secondary N) is 1. The SMILES string of the molecule is CCNC(Cc1cc(F)cc(Br)c1)CC1CCS(=O)(=O)C1. The maximum absolute atomic E-state index is 13.4. The van der Waals surface area contributed by atoms with Crippen molar-refractivity contribution in [2.24, 2.45) is 5.92 Å². The first-order valence-electron chi connectivity index (χ1n) is 7.26. The zero-order chi connectivity index (χ0) is 15.5. The molecule has 1 fully saturated rings. The highest BCUT2D eigenvalue weighted by Gasteiger charge is 2.29. The van der Waals surface area contributed by atoms with Gasteiger partial charge in [-0.2, -0.15) is 0 Å². The van der Waals surface area contributed by atoms with Crippen LogP contribution in [0.2, 0.25) is 0 Å². The summed E-state index contributed by atoms with van der Waals surface area (Å²) in [6.45, 7) is 2.85. The molecular formula is C15H21BrFNO2S. The number of halogens is 2. The average molecular weight is 378 g/mol. The molecule has 2 rings (SSSR count). The van der Waals surface area contributed by atoms with Gasteiger partial charge in [-0.25, -0.2) is 12.8 Å². The Morgan fingerprint density at radius 3 is 2.76 bits per heavy atom. The minimum atomic E-state index is -2.84. The highest BCUT2D eigenvalue weighted by molar-refractivity contribution is 9.10. The fourth-order valence-corrected chi connectivity index (χ4v) is 5.39. The van der Waals surface area contributed by atoms with E-state index >= 15 is 0 Å². The molecule has 1 N–H and O–H groups in total. The molecule has 0 spiro atoms. The van der Waals surface area contributed by atoms with Gasteiger partial charge in [-0.1, -0.05) is 22.9 Å². The summed E-state index contributed by atoms with van der Waals surface area (Å²) in [4.78, 5) is 0. The lowest BCUT2D eigenvalue weighted by Gasteiger charge is -2.21. The molecule has 1 aliphatic rings. The van der Waals surface area contributed by atoms with Crippen LogP contribution in [0.5, 0.6) is 0 Å². The van der Waals surface area contributed by atoms with Crippen LogP contribution in [0.3, 0.4) is 0 Å². The lowest BCUT2D eigenvalue weighted by Crippen LogP contribution is -2.33. The van der Waals surface area contributed by atoms with Gasteiger partial charge in [0, 0.05) is 10.5 Å². The van der Waals surface area contributed by atoms with E-state index in [1.807, 2.05) is 13.0 Å². The number of hydrogen-bond acceptors (Lipinski definition) is 3. The Bertz CT molecular complexity index is 571. The quantitative estimate of drug-likeness (QED) is 0.828. The summed E-state index contributed by atoms with van der Waals surface area (Å²) in [5.74, 6) is 0.568. The lowest BCUT2D eigenvalue weighted by atomic mass is 9.94. The smallest absolute Gasteiger partial charge is 0.150 e. The molecule has 1 aromatic carbocycles. The van der Waals surface area contributed by atoms with E-state index in [4.69, 9.17) is 0 Å². The van der Waals surface area contributed by atoms with Crippen molar-refractivity contribution in [1.82, 2.24) is 5.32 Å². The standard InChI is InChI=1S/C15H21BrFNO2S/c1-2-18-15(7-11-3-4-21(19,20)10-11)8-12-5-13(16)9-14(17)6-12/h5-6,9,11,15,18H,2-4,7-8,10H2,1H3. The van der Waals surface area contributed by atoms with Crippen molar-refractivity contribution in [2.45, 2.75) is 32.2 Å². The average Bonchev–Trinajstić information content (AvgIpc) is 2.67. The van der Waals surface area contributed by atoms with Gasteiger partial charge in [0.2, 0.25) is 0 Å². The van der Waals surface area contributed by atoms with Crippen molar-refractivity contribution in [2.75, 3.05) is 18.1 Å². The highest BCUT2D eigenvalue weighted by Crippen LogP contribution is 2.25. The minimum absolute atomic E-state index is 0.182. The summed E-state index contributed by atoms with van der Waals surface area (Å²) in [5, 5.41) is 3.39. The molecule has 1 aliphatic heterocycles. The summed E-state index contributed by atoms with van der Waals surface area (Å²) in [6.07, 6.45) is 2.28. The van der Waals surface area contributed by atoms with Gasteiger partial charge in [-0.15, -0.1) is 0 Å². The van der Waals surface area contributed by atoms with Crippen molar-refractivity contribution in [3.63, 3.8) is 0 Å². The molecule has 2 unspecified atom stereocenters. The van der Waals surface area contributed by atoms with Crippen molar-refractivity contribution < 1.29 is 12.8 Å². The van der Waals surface area contributed by atoms with Crippen molar-refractivity contribution in [1.29, 1.82) is 0 Å². The molecule has 1 aromatic rings. The van der Waals surface area contributed by atoms with Gasteiger partial charge < -0.3 is 5.32 Å². The third-order valence-corrected chi connectivity index (χ3v) is 6.14. The molecule has 0 amide bonds. The fourth-order valence-electron chi connectivity index (χ4n) is 3.00. The molecule has 1 saturated heterocycles. The summed E-state index contributed by atoms with van der Waals surface area (Å²) in [6, 6.07) is 5.08. The molecule has 118 valence electrons. The van der Waals surface area contributed by atoms with E-state index in [1.165, 1.54) is 6.07 Å². The molecule has 0 aliphatic carbocycles. The second-order valence-electron chi connectivity index (χ2n) is 5.74. The monoisotopic (exact) mass is 377 g/mol. The van der Waals surface area contributed by atoms with Gasteiger partial charge >= 0.3 is 0 Å². The van der Waals surface area contributed by atoms with Crippen LogP contribution in [-0.4, -0.2) is 32.5 Å². The summed E-state index contributed by atoms with van der Waals surface area (Å²) < 4.78 is 37.3. The molecule has 0 bridgehead atoms. The molecule has 0 radical (unpaired) electrons. The normalized spacial score (nSPS) is 22.3. The number of sulfone groups is 1. The molecule has 0 saturated carbocycles. The predicted octanol–water partition coefficient (Wildman–Crippen LogP) is 2.93. The summed E-state index contributed by atoms with van der Waals surface area (Å²) in [5.41, 5.74) is 0.925. The highest BCUT2D eigenvalue weighted by atomic mass is 79.9. The number of likely N-dealkylation sites (N-methyl/N-ethyl adjacent to an activating group) is 1. The maximum atomic E-state index is 13.4. The molecule has 6 heteroatoms. The van der Waals surface area contributed by atoms with Crippen LogP contribution in [-0.2, 0) is 16.3 Å². The summed E-state index contributed by atoms with van der Waals surface area (Å²) >= 11 is 3.31. The van der Waals surface area contributed by atoms with E-state index in [1.54, 1.807) is 6.07 Å². The van der Waals surface area contributed by atoms with E-state index in [-0.39, 0.29) is 17.8 Å². The predicted molar refractivity (Wildman–Crippen MR) is 86.6 cm³/mol. The Hall–Kier alpha value is -0.460. The van der Waals surface area contributed by atoms with Gasteiger partial charge in [0.25, 0.3) is 0 Å². The first kappa shape index (κ1) is 16.9. The van der Waals surface area contributed by atoms with Crippen LogP contribution in [0.25, 0.3) is 0 Å². The topological polar surface area (TPSA) is 46.2 Å². The van der Waals surface area contributed by atoms with E-state index in [0.29, 0.717) is 17.9 Å². The molecule has 0 aromatic heterocycles. The third kappa shape index (κ3) is 5.34. The molecular weight excluding hydrogens is 357 g/mol. The number of rotatable bonds is 6. The Labute approximate surface area is 134 Å². The van der Waals surface area contributed by atoms with Crippen molar-refractivity contribution in [3.8, 4) is 0 Å². The molecule has 21 heavy (non-hydrogen) atoms. The van der Waals surface area contributed by atoms with Gasteiger partial charge in [0.1, 0.15) is 5.82 Å². The Morgan fingerprint density at radius 2 is 2.19 bits per heavy atom. The summed E-state index contributed by atoms with van der Waals surface area (Å²) in [7, 11) is -2.84. The van der Waals surface area contributed by atoms with Gasteiger partial charge in [0.05, 0.1) is 11.5 Å². The van der Waals surface area contributed by atoms with Crippen LogP contribution in [0.1, 0.15) is 25.3 Å². The number of benzene rings is 1. The Morgan fingerprint density at radius 1 is 1.43 bits per heavy atom. The zero-order valence-electron chi connectivity index (χ0n) is 12.1. The van der Waals surface area contributed by atoms with Crippen molar-refractivity contribution >= 4 is 25.8 Å². The van der Waals surface area contributed by atoms with Crippen LogP contribution in [0.4, 0.5) is 4.39 Å². The van der Waals surface area contributed by atoms with Crippen LogP contribution in [0, 0.1) is 11.7 Å². The first-order chi connectivity index (χ1) is 9.88. The van der Waals surface area contributed by atoms with Crippen LogP contribution >= 0.6 is 15.9 Å². The third-order valence-electron chi connectivity index (χ3n) is 3.84. The fraction of sp³-hybridized carbons (Fsp3) is 0.600. The lowest BCUT2D eigenvalue weighted by molar-refractivity contribution is 0.409. The van der Waals surface area contributed by atoms with E-state index < -0.39 is 9.84 Å². The van der Waals surface area contributed by atoms with E-state index in [9.17, 15) is 12.8 Å². The molecule has 2 atom stereocenters. The molecule has 1 heterocycles. The van der Waals surface area contributed by atoms with Gasteiger partial charge in [-0.3, -0.25) is 0 Å². The van der Waals surface area contributed by atoms with Crippen LogP contribution in [0.15, 0.2) is 22.7 Å².